The van der Waals surface area contributed by atoms with Crippen molar-refractivity contribution in [3.05, 3.63) is 11.7 Å². The van der Waals surface area contributed by atoms with E-state index in [1.165, 1.54) is 0 Å². The van der Waals surface area contributed by atoms with Crippen LogP contribution in [0.15, 0.2) is 4.52 Å². The van der Waals surface area contributed by atoms with Crippen LogP contribution >= 0.6 is 0 Å². The van der Waals surface area contributed by atoms with Gasteiger partial charge >= 0.3 is 5.97 Å². The number of carboxylic acid groups (broad SMARTS) is 1. The fraction of sp³-hybridized carbons (Fsp3) is 0.733. The van der Waals surface area contributed by atoms with Gasteiger partial charge < -0.3 is 14.9 Å². The SMILES string of the molecule is Cc1noc(CCCC(=O)NC2(C(=O)O)CCCCCC2)n1. The number of hydrogen-bond donors (Lipinski definition) is 2. The van der Waals surface area contributed by atoms with E-state index in [9.17, 15) is 14.7 Å². The molecule has 0 aliphatic heterocycles. The van der Waals surface area contributed by atoms with Gasteiger partial charge in [-0.25, -0.2) is 4.79 Å². The molecule has 1 aromatic rings. The Labute approximate surface area is 129 Å². The molecule has 7 heteroatoms. The summed E-state index contributed by atoms with van der Waals surface area (Å²) in [5, 5.41) is 16.0. The van der Waals surface area contributed by atoms with Crippen molar-refractivity contribution in [3.8, 4) is 0 Å². The van der Waals surface area contributed by atoms with Crippen molar-refractivity contribution >= 4 is 11.9 Å². The van der Waals surface area contributed by atoms with E-state index in [-0.39, 0.29) is 12.3 Å². The maximum atomic E-state index is 12.1. The molecular formula is C15H23N3O4. The molecule has 0 aromatic carbocycles. The number of carbonyl (C=O) groups excluding carboxylic acids is 1. The molecule has 0 spiro atoms. The van der Waals surface area contributed by atoms with Gasteiger partial charge in [-0.2, -0.15) is 4.98 Å². The van der Waals surface area contributed by atoms with Gasteiger partial charge in [-0.05, 0) is 26.2 Å². The van der Waals surface area contributed by atoms with Gasteiger partial charge in [-0.15, -0.1) is 0 Å². The summed E-state index contributed by atoms with van der Waals surface area (Å²) in [6.07, 6.45) is 6.10. The maximum Gasteiger partial charge on any atom is 0.329 e. The number of carbonyl (C=O) groups is 2. The average Bonchev–Trinajstić information content (AvgIpc) is 2.73. The van der Waals surface area contributed by atoms with Crippen molar-refractivity contribution in [3.63, 3.8) is 0 Å². The van der Waals surface area contributed by atoms with Gasteiger partial charge in [-0.1, -0.05) is 30.8 Å². The molecule has 0 bridgehead atoms. The summed E-state index contributed by atoms with van der Waals surface area (Å²) in [4.78, 5) is 27.8. The van der Waals surface area contributed by atoms with E-state index in [4.69, 9.17) is 4.52 Å². The number of aromatic nitrogens is 2. The van der Waals surface area contributed by atoms with Crippen LogP contribution in [0.3, 0.4) is 0 Å². The second kappa shape index (κ2) is 7.38. The van der Waals surface area contributed by atoms with Gasteiger partial charge in [0.2, 0.25) is 11.8 Å². The van der Waals surface area contributed by atoms with Crippen LogP contribution in [0.5, 0.6) is 0 Å². The number of nitrogens with zero attached hydrogens (tertiary/aromatic N) is 2. The van der Waals surface area contributed by atoms with Crippen LogP contribution in [0.25, 0.3) is 0 Å². The summed E-state index contributed by atoms with van der Waals surface area (Å²) in [5.74, 6) is -0.0636. The van der Waals surface area contributed by atoms with Crippen molar-refractivity contribution in [2.24, 2.45) is 0 Å². The topological polar surface area (TPSA) is 105 Å². The first-order valence-electron chi connectivity index (χ1n) is 7.85. The molecule has 0 radical (unpaired) electrons. The average molecular weight is 309 g/mol. The lowest BCUT2D eigenvalue weighted by Crippen LogP contribution is -2.54. The second-order valence-electron chi connectivity index (χ2n) is 5.94. The molecule has 2 N–H and O–H groups in total. The molecule has 2 rings (SSSR count). The van der Waals surface area contributed by atoms with Crippen LogP contribution in [0.1, 0.15) is 63.1 Å². The highest BCUT2D eigenvalue weighted by molar-refractivity contribution is 5.87. The summed E-state index contributed by atoms with van der Waals surface area (Å²) in [6.45, 7) is 1.74. The molecule has 7 nitrogen and oxygen atoms in total. The first-order chi connectivity index (χ1) is 10.5. The highest BCUT2D eigenvalue weighted by Gasteiger charge is 2.39. The highest BCUT2D eigenvalue weighted by atomic mass is 16.5. The third-order valence-corrected chi connectivity index (χ3v) is 4.11. The van der Waals surface area contributed by atoms with E-state index in [0.717, 1.165) is 25.7 Å². The Kier molecular flexibility index (Phi) is 5.51. The van der Waals surface area contributed by atoms with Crippen LogP contribution in [-0.4, -0.2) is 32.7 Å². The minimum absolute atomic E-state index is 0.222. The van der Waals surface area contributed by atoms with E-state index in [1.54, 1.807) is 6.92 Å². The van der Waals surface area contributed by atoms with E-state index < -0.39 is 11.5 Å². The van der Waals surface area contributed by atoms with Gasteiger partial charge in [0.25, 0.3) is 0 Å². The van der Waals surface area contributed by atoms with Gasteiger partial charge in [-0.3, -0.25) is 4.79 Å². The monoisotopic (exact) mass is 309 g/mol. The molecule has 0 saturated heterocycles. The zero-order valence-corrected chi connectivity index (χ0v) is 12.9. The number of aryl methyl sites for hydroxylation is 2. The van der Waals surface area contributed by atoms with E-state index in [1.807, 2.05) is 0 Å². The zero-order chi connectivity index (χ0) is 16.0. The molecule has 1 aliphatic carbocycles. The largest absolute Gasteiger partial charge is 0.480 e. The molecule has 1 aliphatic rings. The molecular weight excluding hydrogens is 286 g/mol. The molecule has 1 heterocycles. The van der Waals surface area contributed by atoms with Crippen molar-refractivity contribution in [2.45, 2.75) is 70.3 Å². The third-order valence-electron chi connectivity index (χ3n) is 4.11. The van der Waals surface area contributed by atoms with Gasteiger partial charge in [0.1, 0.15) is 5.54 Å². The Morgan fingerprint density at radius 3 is 2.50 bits per heavy atom. The smallest absolute Gasteiger partial charge is 0.329 e. The molecule has 122 valence electrons. The third kappa shape index (κ3) is 4.29. The van der Waals surface area contributed by atoms with Crippen molar-refractivity contribution in [1.82, 2.24) is 15.5 Å². The molecule has 1 aromatic heterocycles. The molecule has 0 atom stereocenters. The number of carboxylic acids is 1. The number of aliphatic carboxylic acids is 1. The molecule has 22 heavy (non-hydrogen) atoms. The Hall–Kier alpha value is -1.92. The predicted molar refractivity (Wildman–Crippen MR) is 78.2 cm³/mol. The minimum atomic E-state index is -1.09. The van der Waals surface area contributed by atoms with Crippen molar-refractivity contribution in [2.75, 3.05) is 0 Å². The normalized spacial score (nSPS) is 17.7. The Morgan fingerprint density at radius 2 is 1.95 bits per heavy atom. The Morgan fingerprint density at radius 1 is 1.27 bits per heavy atom. The second-order valence-corrected chi connectivity index (χ2v) is 5.94. The van der Waals surface area contributed by atoms with Crippen LogP contribution < -0.4 is 5.32 Å². The first kappa shape index (κ1) is 16.5. The first-order valence-corrected chi connectivity index (χ1v) is 7.85. The van der Waals surface area contributed by atoms with Gasteiger partial charge in [0.15, 0.2) is 5.82 Å². The molecule has 0 unspecified atom stereocenters. The van der Waals surface area contributed by atoms with Crippen LogP contribution in [0.2, 0.25) is 0 Å². The molecule has 1 fully saturated rings. The van der Waals surface area contributed by atoms with Gasteiger partial charge in [0.05, 0.1) is 0 Å². The lowest BCUT2D eigenvalue weighted by molar-refractivity contribution is -0.148. The fourth-order valence-electron chi connectivity index (χ4n) is 2.90. The zero-order valence-electron chi connectivity index (χ0n) is 12.9. The quantitative estimate of drug-likeness (QED) is 0.779. The summed E-state index contributed by atoms with van der Waals surface area (Å²) in [7, 11) is 0. The summed E-state index contributed by atoms with van der Waals surface area (Å²) in [6, 6.07) is 0. The Balaban J connectivity index is 1.84. The Bertz CT molecular complexity index is 519. The number of hydrogen-bond acceptors (Lipinski definition) is 5. The van der Waals surface area contributed by atoms with E-state index in [0.29, 0.717) is 37.4 Å². The van der Waals surface area contributed by atoms with Crippen LogP contribution in [0, 0.1) is 6.92 Å². The van der Waals surface area contributed by atoms with Crippen LogP contribution in [0.4, 0.5) is 0 Å². The fourth-order valence-corrected chi connectivity index (χ4v) is 2.90. The summed E-state index contributed by atoms with van der Waals surface area (Å²) in [5.41, 5.74) is -1.09. The van der Waals surface area contributed by atoms with E-state index in [2.05, 4.69) is 15.5 Å². The lowest BCUT2D eigenvalue weighted by atomic mass is 9.90. The van der Waals surface area contributed by atoms with Gasteiger partial charge in [0, 0.05) is 12.8 Å². The maximum absolute atomic E-state index is 12.1. The number of rotatable bonds is 6. The van der Waals surface area contributed by atoms with E-state index >= 15 is 0 Å². The summed E-state index contributed by atoms with van der Waals surface area (Å²) >= 11 is 0. The predicted octanol–water partition coefficient (Wildman–Crippen LogP) is 1.99. The molecule has 1 amide bonds. The summed E-state index contributed by atoms with van der Waals surface area (Å²) < 4.78 is 4.98. The standard InChI is InChI=1S/C15H23N3O4/c1-11-16-13(22-18-11)8-6-7-12(19)17-15(14(20)21)9-4-2-3-5-10-15/h2-10H2,1H3,(H,17,19)(H,20,21). The highest BCUT2D eigenvalue weighted by Crippen LogP contribution is 2.27. The van der Waals surface area contributed by atoms with Crippen LogP contribution in [-0.2, 0) is 16.0 Å². The van der Waals surface area contributed by atoms with Crippen molar-refractivity contribution < 1.29 is 19.2 Å². The van der Waals surface area contributed by atoms with Crippen molar-refractivity contribution in [1.29, 1.82) is 0 Å². The number of amides is 1. The number of nitrogens with one attached hydrogen (secondary N) is 1. The minimum Gasteiger partial charge on any atom is -0.480 e. The lowest BCUT2D eigenvalue weighted by Gasteiger charge is -2.29. The molecule has 1 saturated carbocycles.